The van der Waals surface area contributed by atoms with Crippen LogP contribution in [0, 0.1) is 0 Å². The lowest BCUT2D eigenvalue weighted by Gasteiger charge is -2.28. The zero-order valence-electron chi connectivity index (χ0n) is 19.4. The molecule has 6 rings (SSSR count). The summed E-state index contributed by atoms with van der Waals surface area (Å²) in [5, 5.41) is 13.0. The third-order valence-electron chi connectivity index (χ3n) is 6.91. The Labute approximate surface area is 202 Å². The fourth-order valence-electron chi connectivity index (χ4n) is 5.08. The van der Waals surface area contributed by atoms with Gasteiger partial charge in [0.05, 0.1) is 40.2 Å². The van der Waals surface area contributed by atoms with Crippen LogP contribution in [-0.2, 0) is 7.05 Å². The molecular formula is C27H26N6O2. The number of aliphatic hydroxyl groups excluding tert-OH is 1. The van der Waals surface area contributed by atoms with E-state index < -0.39 is 0 Å². The maximum absolute atomic E-state index is 13.4. The smallest absolute Gasteiger partial charge is 0.258 e. The van der Waals surface area contributed by atoms with Gasteiger partial charge in [-0.05, 0) is 56.0 Å². The molecule has 3 aromatic heterocycles. The lowest BCUT2D eigenvalue weighted by molar-refractivity contribution is 0.102. The minimum atomic E-state index is -0.252. The highest BCUT2D eigenvalue weighted by atomic mass is 16.3. The summed E-state index contributed by atoms with van der Waals surface area (Å²) in [6.07, 6.45) is 6.36. The van der Waals surface area contributed by atoms with Gasteiger partial charge in [0.2, 0.25) is 5.95 Å². The summed E-state index contributed by atoms with van der Waals surface area (Å²) in [6, 6.07) is 17.5. The lowest BCUT2D eigenvalue weighted by atomic mass is 9.93. The molecule has 3 heterocycles. The topological polar surface area (TPSA) is 97.9 Å². The molecule has 0 saturated heterocycles. The zero-order valence-corrected chi connectivity index (χ0v) is 19.4. The van der Waals surface area contributed by atoms with Gasteiger partial charge in [-0.3, -0.25) is 15.1 Å². The number of nitrogens with one attached hydrogen (secondary N) is 1. The van der Waals surface area contributed by atoms with Crippen LogP contribution in [0.2, 0.25) is 0 Å². The lowest BCUT2D eigenvalue weighted by Crippen LogP contribution is -2.23. The van der Waals surface area contributed by atoms with Gasteiger partial charge in [0.15, 0.2) is 0 Å². The van der Waals surface area contributed by atoms with E-state index in [1.807, 2.05) is 54.1 Å². The molecule has 1 aliphatic rings. The standard InChI is InChI=1S/C27H26N6O2/c1-32-16-29-25-20(5-4-8-24(25)32)22-15-17(13-14-28-22)26(35)31-27-30-21-6-2-3-7-23(21)33(27)18-9-11-19(34)12-10-18/h2-8,13-16,18-19,34H,9-12H2,1H3,(H,30,31,35). The van der Waals surface area contributed by atoms with E-state index in [0.717, 1.165) is 53.3 Å². The highest BCUT2D eigenvalue weighted by Gasteiger charge is 2.25. The van der Waals surface area contributed by atoms with Crippen molar-refractivity contribution in [3.05, 3.63) is 72.7 Å². The van der Waals surface area contributed by atoms with Crippen molar-refractivity contribution in [2.75, 3.05) is 5.32 Å². The van der Waals surface area contributed by atoms with Crippen molar-refractivity contribution in [2.45, 2.75) is 37.8 Å². The molecule has 0 spiro atoms. The van der Waals surface area contributed by atoms with E-state index in [1.165, 1.54) is 0 Å². The molecule has 0 unspecified atom stereocenters. The van der Waals surface area contributed by atoms with Crippen molar-refractivity contribution in [1.29, 1.82) is 0 Å². The summed E-state index contributed by atoms with van der Waals surface area (Å²) in [6.45, 7) is 0. The normalized spacial score (nSPS) is 18.2. The molecule has 2 N–H and O–H groups in total. The number of para-hydroxylation sites is 3. The fraction of sp³-hybridized carbons (Fsp3) is 0.259. The number of hydrogen-bond acceptors (Lipinski definition) is 5. The van der Waals surface area contributed by atoms with Crippen LogP contribution >= 0.6 is 0 Å². The molecule has 1 aliphatic carbocycles. The average Bonchev–Trinajstić information content (AvgIpc) is 3.45. The van der Waals surface area contributed by atoms with E-state index in [9.17, 15) is 9.90 Å². The Bertz CT molecular complexity index is 1540. The molecule has 0 radical (unpaired) electrons. The van der Waals surface area contributed by atoms with E-state index in [-0.39, 0.29) is 18.1 Å². The monoisotopic (exact) mass is 466 g/mol. The van der Waals surface area contributed by atoms with Crippen molar-refractivity contribution in [3.63, 3.8) is 0 Å². The van der Waals surface area contributed by atoms with Crippen LogP contribution in [0.1, 0.15) is 42.1 Å². The van der Waals surface area contributed by atoms with Crippen molar-refractivity contribution in [3.8, 4) is 11.3 Å². The Morgan fingerprint density at radius 1 is 1.00 bits per heavy atom. The number of pyridine rings is 1. The highest BCUT2D eigenvalue weighted by molar-refractivity contribution is 6.05. The molecule has 0 atom stereocenters. The van der Waals surface area contributed by atoms with E-state index in [0.29, 0.717) is 17.2 Å². The molecule has 0 aliphatic heterocycles. The molecule has 8 heteroatoms. The van der Waals surface area contributed by atoms with E-state index in [2.05, 4.69) is 19.9 Å². The Kier molecular flexibility index (Phi) is 5.30. The van der Waals surface area contributed by atoms with Crippen LogP contribution in [0.25, 0.3) is 33.3 Å². The SMILES string of the molecule is Cn1cnc2c(-c3cc(C(=O)Nc4nc5ccccc5n4C4CCC(O)CC4)ccn3)cccc21. The third-order valence-corrected chi connectivity index (χ3v) is 6.91. The van der Waals surface area contributed by atoms with Gasteiger partial charge in [0, 0.05) is 30.4 Å². The molecule has 1 saturated carbocycles. The van der Waals surface area contributed by atoms with Gasteiger partial charge >= 0.3 is 0 Å². The Hall–Kier alpha value is -4.04. The van der Waals surface area contributed by atoms with Gasteiger partial charge in [-0.25, -0.2) is 9.97 Å². The second kappa shape index (κ2) is 8.63. The van der Waals surface area contributed by atoms with Gasteiger partial charge in [0.1, 0.15) is 0 Å². The number of benzene rings is 2. The zero-order chi connectivity index (χ0) is 23.9. The maximum atomic E-state index is 13.4. The van der Waals surface area contributed by atoms with Crippen LogP contribution in [0.3, 0.4) is 0 Å². The minimum absolute atomic E-state index is 0.177. The number of aliphatic hydroxyl groups is 1. The number of carbonyl (C=O) groups excluding carboxylic acids is 1. The first-order chi connectivity index (χ1) is 17.1. The average molecular weight is 467 g/mol. The number of imidazole rings is 2. The van der Waals surface area contributed by atoms with Crippen LogP contribution in [0.5, 0.6) is 0 Å². The van der Waals surface area contributed by atoms with Gasteiger partial charge in [0.25, 0.3) is 5.91 Å². The minimum Gasteiger partial charge on any atom is -0.393 e. The number of amides is 1. The first-order valence-corrected chi connectivity index (χ1v) is 11.9. The van der Waals surface area contributed by atoms with Crippen LogP contribution in [-0.4, -0.2) is 41.2 Å². The molecule has 35 heavy (non-hydrogen) atoms. The number of aryl methyl sites for hydroxylation is 1. The number of anilines is 1. The molecule has 5 aromatic rings. The first kappa shape index (κ1) is 21.5. The number of hydrogen-bond donors (Lipinski definition) is 2. The van der Waals surface area contributed by atoms with Crippen LogP contribution < -0.4 is 5.32 Å². The summed E-state index contributed by atoms with van der Waals surface area (Å²) in [5.41, 5.74) is 5.75. The van der Waals surface area contributed by atoms with Crippen molar-refractivity contribution < 1.29 is 9.90 Å². The molecule has 1 amide bonds. The van der Waals surface area contributed by atoms with Gasteiger partial charge in [-0.2, -0.15) is 0 Å². The second-order valence-corrected chi connectivity index (χ2v) is 9.17. The quantitative estimate of drug-likeness (QED) is 0.400. The predicted molar refractivity (Wildman–Crippen MR) is 135 cm³/mol. The Morgan fingerprint density at radius 2 is 1.80 bits per heavy atom. The molecule has 0 bridgehead atoms. The summed E-state index contributed by atoms with van der Waals surface area (Å²) in [4.78, 5) is 27.2. The summed E-state index contributed by atoms with van der Waals surface area (Å²) < 4.78 is 4.08. The number of nitrogens with zero attached hydrogens (tertiary/aromatic N) is 5. The van der Waals surface area contributed by atoms with E-state index in [4.69, 9.17) is 4.98 Å². The predicted octanol–water partition coefficient (Wildman–Crippen LogP) is 4.71. The van der Waals surface area contributed by atoms with Gasteiger partial charge < -0.3 is 14.2 Å². The van der Waals surface area contributed by atoms with E-state index in [1.54, 1.807) is 24.7 Å². The van der Waals surface area contributed by atoms with Gasteiger partial charge in [-0.1, -0.05) is 24.3 Å². The summed E-state index contributed by atoms with van der Waals surface area (Å²) >= 11 is 0. The number of carbonyl (C=O) groups is 1. The summed E-state index contributed by atoms with van der Waals surface area (Å²) in [7, 11) is 1.95. The number of fused-ring (bicyclic) bond motifs is 2. The van der Waals surface area contributed by atoms with Crippen molar-refractivity contribution in [2.24, 2.45) is 7.05 Å². The molecule has 176 valence electrons. The van der Waals surface area contributed by atoms with Gasteiger partial charge in [-0.15, -0.1) is 0 Å². The summed E-state index contributed by atoms with van der Waals surface area (Å²) in [5.74, 6) is 0.289. The Balaban J connectivity index is 1.34. The molecule has 8 nitrogen and oxygen atoms in total. The highest BCUT2D eigenvalue weighted by Crippen LogP contribution is 2.34. The molecular weight excluding hydrogens is 440 g/mol. The number of rotatable bonds is 4. The second-order valence-electron chi connectivity index (χ2n) is 9.17. The maximum Gasteiger partial charge on any atom is 0.258 e. The van der Waals surface area contributed by atoms with E-state index >= 15 is 0 Å². The van der Waals surface area contributed by atoms with Crippen LogP contribution in [0.15, 0.2) is 67.1 Å². The van der Waals surface area contributed by atoms with Crippen molar-refractivity contribution in [1.82, 2.24) is 24.1 Å². The van der Waals surface area contributed by atoms with Crippen molar-refractivity contribution >= 4 is 33.9 Å². The number of aromatic nitrogens is 5. The molecule has 1 fully saturated rings. The third kappa shape index (κ3) is 3.85. The fourth-order valence-corrected chi connectivity index (χ4v) is 5.08. The first-order valence-electron chi connectivity index (χ1n) is 11.9. The Morgan fingerprint density at radius 3 is 2.66 bits per heavy atom. The largest absolute Gasteiger partial charge is 0.393 e. The molecule has 2 aromatic carbocycles. The van der Waals surface area contributed by atoms with Crippen LogP contribution in [0.4, 0.5) is 5.95 Å².